The van der Waals surface area contributed by atoms with E-state index in [9.17, 15) is 18.0 Å². The molecular formula is C14H12ClF3O. The minimum Gasteiger partial charge on any atom is -0.294 e. The van der Waals surface area contributed by atoms with Crippen LogP contribution >= 0.6 is 11.6 Å². The first-order valence-electron chi connectivity index (χ1n) is 5.49. The summed E-state index contributed by atoms with van der Waals surface area (Å²) in [6.45, 7) is 2.55. The van der Waals surface area contributed by atoms with Crippen molar-refractivity contribution < 1.29 is 18.0 Å². The molecule has 0 aromatic heterocycles. The molecule has 0 unspecified atom stereocenters. The number of allylic oxidation sites excluding steroid dienone is 4. The molecule has 19 heavy (non-hydrogen) atoms. The summed E-state index contributed by atoms with van der Waals surface area (Å²) in [5.41, 5.74) is -1.33. The zero-order valence-electron chi connectivity index (χ0n) is 10.4. The van der Waals surface area contributed by atoms with Crippen molar-refractivity contribution in [2.75, 3.05) is 0 Å². The van der Waals surface area contributed by atoms with E-state index in [0.717, 1.165) is 13.0 Å². The van der Waals surface area contributed by atoms with Crippen LogP contribution in [0.3, 0.4) is 0 Å². The van der Waals surface area contributed by atoms with Gasteiger partial charge in [-0.2, -0.15) is 13.2 Å². The van der Waals surface area contributed by atoms with Gasteiger partial charge in [0.1, 0.15) is 0 Å². The van der Waals surface area contributed by atoms with Crippen molar-refractivity contribution in [1.82, 2.24) is 0 Å². The van der Waals surface area contributed by atoms with E-state index in [1.54, 1.807) is 6.07 Å². The molecule has 1 aromatic rings. The van der Waals surface area contributed by atoms with Crippen molar-refractivity contribution >= 4 is 23.0 Å². The maximum absolute atomic E-state index is 13.0. The number of carbonyl (C=O) groups is 1. The Kier molecular flexibility index (Phi) is 4.95. The largest absolute Gasteiger partial charge is 0.417 e. The molecule has 0 aliphatic rings. The molecule has 0 N–H and O–H groups in total. The molecule has 0 aliphatic carbocycles. The zero-order valence-corrected chi connectivity index (χ0v) is 11.1. The molecule has 1 nitrogen and oxygen atoms in total. The second kappa shape index (κ2) is 6.06. The Bertz CT molecular complexity index is 542. The number of Topliss-reactive ketones (excluding diaryl/α,β-unsaturated/α-hetero) is 1. The van der Waals surface area contributed by atoms with Gasteiger partial charge < -0.3 is 0 Å². The molecule has 0 saturated heterocycles. The number of ketones is 1. The van der Waals surface area contributed by atoms with Crippen LogP contribution in [0.25, 0.3) is 5.57 Å². The lowest BCUT2D eigenvalue weighted by Crippen LogP contribution is -2.15. The lowest BCUT2D eigenvalue weighted by molar-refractivity contribution is -0.113. The molecule has 0 saturated carbocycles. The van der Waals surface area contributed by atoms with Gasteiger partial charge in [0.25, 0.3) is 0 Å². The number of carbonyl (C=O) groups excluding carboxylic acids is 1. The maximum Gasteiger partial charge on any atom is 0.417 e. The van der Waals surface area contributed by atoms with E-state index < -0.39 is 23.1 Å². The number of halogens is 4. The highest BCUT2D eigenvalue weighted by atomic mass is 35.5. The molecule has 1 aromatic carbocycles. The molecule has 0 spiro atoms. The minimum atomic E-state index is -4.62. The van der Waals surface area contributed by atoms with Crippen LogP contribution in [0.15, 0.2) is 42.0 Å². The van der Waals surface area contributed by atoms with E-state index in [-0.39, 0.29) is 10.6 Å². The Morgan fingerprint density at radius 3 is 2.26 bits per heavy atom. The number of alkyl halides is 3. The van der Waals surface area contributed by atoms with Gasteiger partial charge in [-0.3, -0.25) is 4.79 Å². The average molecular weight is 289 g/mol. The SMILES string of the molecule is C/C=C\C(=C(/C(C)=O)c1ccccc1Cl)C(F)(F)F. The van der Waals surface area contributed by atoms with Crippen molar-refractivity contribution in [2.45, 2.75) is 20.0 Å². The lowest BCUT2D eigenvalue weighted by atomic mass is 9.96. The van der Waals surface area contributed by atoms with Crippen LogP contribution in [0.1, 0.15) is 19.4 Å². The van der Waals surface area contributed by atoms with Crippen LogP contribution in [0.5, 0.6) is 0 Å². The first-order chi connectivity index (χ1) is 8.79. The highest BCUT2D eigenvalue weighted by molar-refractivity contribution is 6.35. The monoisotopic (exact) mass is 288 g/mol. The van der Waals surface area contributed by atoms with Gasteiger partial charge in [-0.05, 0) is 19.9 Å². The second-order valence-electron chi connectivity index (χ2n) is 3.82. The molecule has 0 amide bonds. The fraction of sp³-hybridized carbons (Fsp3) is 0.214. The lowest BCUT2D eigenvalue weighted by Gasteiger charge is -2.14. The first kappa shape index (κ1) is 15.5. The van der Waals surface area contributed by atoms with Crippen LogP contribution in [0, 0.1) is 0 Å². The fourth-order valence-corrected chi connectivity index (χ4v) is 1.90. The van der Waals surface area contributed by atoms with Gasteiger partial charge in [0.05, 0.1) is 5.57 Å². The van der Waals surface area contributed by atoms with Crippen molar-refractivity contribution in [3.05, 3.63) is 52.6 Å². The normalized spacial score (nSPS) is 13.6. The maximum atomic E-state index is 13.0. The molecule has 0 atom stereocenters. The Hall–Kier alpha value is -1.55. The summed E-state index contributed by atoms with van der Waals surface area (Å²) in [5.74, 6) is -0.682. The standard InChI is InChI=1S/C14H12ClF3O/c1-3-6-11(14(16,17)18)13(9(2)19)10-7-4-5-8-12(10)15/h3-8H,1-2H3/b6-3-,13-11-. The van der Waals surface area contributed by atoms with E-state index in [2.05, 4.69) is 0 Å². The molecular weight excluding hydrogens is 277 g/mol. The van der Waals surface area contributed by atoms with Gasteiger partial charge in [-0.25, -0.2) is 0 Å². The van der Waals surface area contributed by atoms with Gasteiger partial charge in [0.2, 0.25) is 0 Å². The average Bonchev–Trinajstić information content (AvgIpc) is 2.29. The third-order valence-electron chi connectivity index (χ3n) is 2.40. The first-order valence-corrected chi connectivity index (χ1v) is 5.86. The smallest absolute Gasteiger partial charge is 0.294 e. The highest BCUT2D eigenvalue weighted by Gasteiger charge is 2.36. The topological polar surface area (TPSA) is 17.1 Å². The third kappa shape index (κ3) is 3.70. The Labute approximate surface area is 114 Å². The summed E-state index contributed by atoms with van der Waals surface area (Å²) in [7, 11) is 0. The summed E-state index contributed by atoms with van der Waals surface area (Å²) < 4.78 is 39.1. The van der Waals surface area contributed by atoms with Crippen molar-refractivity contribution in [2.24, 2.45) is 0 Å². The second-order valence-corrected chi connectivity index (χ2v) is 4.23. The number of benzene rings is 1. The Balaban J connectivity index is 3.67. The van der Waals surface area contributed by atoms with Gasteiger partial charge in [-0.15, -0.1) is 0 Å². The van der Waals surface area contributed by atoms with Crippen LogP contribution < -0.4 is 0 Å². The minimum absolute atomic E-state index is 0.0853. The summed E-state index contributed by atoms with van der Waals surface area (Å²) in [5, 5.41) is 0.110. The molecule has 5 heteroatoms. The van der Waals surface area contributed by atoms with Crippen LogP contribution in [-0.4, -0.2) is 12.0 Å². The summed E-state index contributed by atoms with van der Waals surface area (Å²) in [6, 6.07) is 5.97. The highest BCUT2D eigenvalue weighted by Crippen LogP contribution is 2.36. The fourth-order valence-electron chi connectivity index (χ4n) is 1.67. The van der Waals surface area contributed by atoms with E-state index in [4.69, 9.17) is 11.6 Å². The van der Waals surface area contributed by atoms with E-state index >= 15 is 0 Å². The zero-order chi connectivity index (χ0) is 14.6. The van der Waals surface area contributed by atoms with Gasteiger partial charge in [-0.1, -0.05) is 42.0 Å². The summed E-state index contributed by atoms with van der Waals surface area (Å²) in [6.07, 6.45) is -2.50. The molecule has 0 heterocycles. The van der Waals surface area contributed by atoms with Crippen LogP contribution in [-0.2, 0) is 4.79 Å². The molecule has 102 valence electrons. The quantitative estimate of drug-likeness (QED) is 0.575. The number of hydrogen-bond donors (Lipinski definition) is 0. The van der Waals surface area contributed by atoms with Gasteiger partial charge in [0, 0.05) is 16.2 Å². The molecule has 0 aliphatic heterocycles. The molecule has 1 rings (SSSR count). The summed E-state index contributed by atoms with van der Waals surface area (Å²) in [4.78, 5) is 11.6. The number of hydrogen-bond acceptors (Lipinski definition) is 1. The van der Waals surface area contributed by atoms with Gasteiger partial charge >= 0.3 is 6.18 Å². The third-order valence-corrected chi connectivity index (χ3v) is 2.73. The molecule has 0 fully saturated rings. The van der Waals surface area contributed by atoms with Gasteiger partial charge in [0.15, 0.2) is 5.78 Å². The van der Waals surface area contributed by atoms with Crippen LogP contribution in [0.2, 0.25) is 5.02 Å². The number of rotatable bonds is 3. The van der Waals surface area contributed by atoms with E-state index in [0.29, 0.717) is 0 Å². The van der Waals surface area contributed by atoms with Crippen LogP contribution in [0.4, 0.5) is 13.2 Å². The molecule has 0 radical (unpaired) electrons. The van der Waals surface area contributed by atoms with Crippen molar-refractivity contribution in [3.63, 3.8) is 0 Å². The summed E-state index contributed by atoms with van der Waals surface area (Å²) >= 11 is 5.88. The van der Waals surface area contributed by atoms with Crippen molar-refractivity contribution in [1.29, 1.82) is 0 Å². The Morgan fingerprint density at radius 1 is 1.26 bits per heavy atom. The van der Waals surface area contributed by atoms with Crippen molar-refractivity contribution in [3.8, 4) is 0 Å². The Morgan fingerprint density at radius 2 is 1.84 bits per heavy atom. The molecule has 0 bridgehead atoms. The predicted molar refractivity (Wildman–Crippen MR) is 69.9 cm³/mol. The predicted octanol–water partition coefficient (Wildman–Crippen LogP) is 4.82. The van der Waals surface area contributed by atoms with E-state index in [1.807, 2.05) is 0 Å². The van der Waals surface area contributed by atoms with E-state index in [1.165, 1.54) is 31.2 Å².